The van der Waals surface area contributed by atoms with E-state index in [1.807, 2.05) is 20.8 Å². The van der Waals surface area contributed by atoms with E-state index in [1.54, 1.807) is 0 Å². The van der Waals surface area contributed by atoms with Crippen molar-refractivity contribution < 1.29 is 4.21 Å². The van der Waals surface area contributed by atoms with Gasteiger partial charge in [-0.25, -0.2) is 8.93 Å². The molecule has 3 nitrogen and oxygen atoms in total. The molecular formula is C12H24N2OS. The molecule has 4 heteroatoms. The molecular weight excluding hydrogens is 220 g/mol. The van der Waals surface area contributed by atoms with E-state index < -0.39 is 11.0 Å². The quantitative estimate of drug-likeness (QED) is 0.774. The average molecular weight is 244 g/mol. The Bertz CT molecular complexity index is 271. The normalized spacial score (nSPS) is 27.7. The number of piperidine rings is 1. The Morgan fingerprint density at radius 2 is 1.81 bits per heavy atom. The van der Waals surface area contributed by atoms with Crippen molar-refractivity contribution in [3.8, 4) is 0 Å². The average Bonchev–Trinajstić information content (AvgIpc) is 2.15. The van der Waals surface area contributed by atoms with Crippen LogP contribution in [0.15, 0.2) is 0 Å². The van der Waals surface area contributed by atoms with Crippen molar-refractivity contribution in [3.63, 3.8) is 0 Å². The molecule has 0 aromatic heterocycles. The van der Waals surface area contributed by atoms with Gasteiger partial charge in [-0.3, -0.25) is 0 Å². The van der Waals surface area contributed by atoms with Crippen molar-refractivity contribution in [2.75, 3.05) is 13.1 Å². The molecule has 1 atom stereocenters. The summed E-state index contributed by atoms with van der Waals surface area (Å²) in [4.78, 5) is 0. The van der Waals surface area contributed by atoms with E-state index in [1.165, 1.54) is 25.7 Å². The van der Waals surface area contributed by atoms with Gasteiger partial charge in [-0.15, -0.1) is 0 Å². The van der Waals surface area contributed by atoms with E-state index in [2.05, 4.69) is 10.0 Å². The van der Waals surface area contributed by atoms with Crippen molar-refractivity contribution in [1.29, 1.82) is 0 Å². The lowest BCUT2D eigenvalue weighted by molar-refractivity contribution is 0.0566. The molecule has 1 saturated carbocycles. The Morgan fingerprint density at radius 3 is 2.31 bits per heavy atom. The van der Waals surface area contributed by atoms with Crippen LogP contribution < -0.4 is 10.0 Å². The Morgan fingerprint density at radius 1 is 1.25 bits per heavy atom. The summed E-state index contributed by atoms with van der Waals surface area (Å²) in [5.74, 6) is 0. The highest BCUT2D eigenvalue weighted by Gasteiger charge is 2.45. The van der Waals surface area contributed by atoms with E-state index in [4.69, 9.17) is 0 Å². The van der Waals surface area contributed by atoms with E-state index in [-0.39, 0.29) is 4.75 Å². The second kappa shape index (κ2) is 4.39. The lowest BCUT2D eigenvalue weighted by atomic mass is 9.61. The number of nitrogens with one attached hydrogen (secondary N) is 2. The van der Waals surface area contributed by atoms with Crippen molar-refractivity contribution in [2.24, 2.45) is 5.41 Å². The smallest absolute Gasteiger partial charge is 0.0972 e. The van der Waals surface area contributed by atoms with Crippen molar-refractivity contribution >= 4 is 11.0 Å². The van der Waals surface area contributed by atoms with Crippen LogP contribution in [0.1, 0.15) is 46.5 Å². The molecule has 2 fully saturated rings. The van der Waals surface area contributed by atoms with Gasteiger partial charge in [0.15, 0.2) is 0 Å². The van der Waals surface area contributed by atoms with Crippen molar-refractivity contribution in [2.45, 2.75) is 57.2 Å². The first-order valence-corrected chi connectivity index (χ1v) is 7.45. The number of rotatable bonds is 2. The summed E-state index contributed by atoms with van der Waals surface area (Å²) in [5, 5.41) is 3.41. The molecule has 1 saturated heterocycles. The SMILES string of the molecule is CC(C)(C)[S@](=O)NC1CC2(CCNCC2)C1. The molecule has 16 heavy (non-hydrogen) atoms. The molecule has 0 bridgehead atoms. The van der Waals surface area contributed by atoms with Crippen LogP contribution in [0.2, 0.25) is 0 Å². The maximum Gasteiger partial charge on any atom is 0.0972 e. The topological polar surface area (TPSA) is 41.1 Å². The maximum atomic E-state index is 11.9. The third-order valence-corrected chi connectivity index (χ3v) is 5.51. The lowest BCUT2D eigenvalue weighted by Gasteiger charge is -2.50. The van der Waals surface area contributed by atoms with Crippen molar-refractivity contribution in [3.05, 3.63) is 0 Å². The van der Waals surface area contributed by atoms with Gasteiger partial charge in [0.05, 0.1) is 15.7 Å². The van der Waals surface area contributed by atoms with Crippen LogP contribution in [0.25, 0.3) is 0 Å². The van der Waals surface area contributed by atoms with Crippen LogP contribution in [-0.2, 0) is 11.0 Å². The molecule has 0 aromatic carbocycles. The van der Waals surface area contributed by atoms with Crippen LogP contribution in [0, 0.1) is 5.41 Å². The first-order valence-electron chi connectivity index (χ1n) is 6.30. The van der Waals surface area contributed by atoms with Gasteiger partial charge in [0, 0.05) is 6.04 Å². The van der Waals surface area contributed by atoms with Crippen LogP contribution in [0.5, 0.6) is 0 Å². The zero-order valence-electron chi connectivity index (χ0n) is 10.6. The molecule has 1 spiro atoms. The van der Waals surface area contributed by atoms with Gasteiger partial charge in [-0.2, -0.15) is 0 Å². The molecule has 1 heterocycles. The van der Waals surface area contributed by atoms with Crippen LogP contribution in [0.3, 0.4) is 0 Å². The Hall–Kier alpha value is 0.0700. The maximum absolute atomic E-state index is 11.9. The van der Waals surface area contributed by atoms with Gasteiger partial charge in [-0.05, 0) is 65.0 Å². The summed E-state index contributed by atoms with van der Waals surface area (Å²) in [6, 6.07) is 0.484. The predicted molar refractivity (Wildman–Crippen MR) is 68.6 cm³/mol. The lowest BCUT2D eigenvalue weighted by Crippen LogP contribution is -2.54. The summed E-state index contributed by atoms with van der Waals surface area (Å²) in [5.41, 5.74) is 0.574. The van der Waals surface area contributed by atoms with Gasteiger partial charge in [0.25, 0.3) is 0 Å². The zero-order valence-corrected chi connectivity index (χ0v) is 11.5. The first-order chi connectivity index (χ1) is 7.41. The summed E-state index contributed by atoms with van der Waals surface area (Å²) in [7, 11) is -0.903. The van der Waals surface area contributed by atoms with Gasteiger partial charge < -0.3 is 5.32 Å². The second-order valence-corrected chi connectivity index (χ2v) is 8.35. The monoisotopic (exact) mass is 244 g/mol. The summed E-state index contributed by atoms with van der Waals surface area (Å²) in [6.07, 6.45) is 5.04. The van der Waals surface area contributed by atoms with E-state index in [0.717, 1.165) is 13.1 Å². The molecule has 94 valence electrons. The third-order valence-electron chi connectivity index (χ3n) is 3.85. The first kappa shape index (κ1) is 12.5. The Kier molecular flexibility index (Phi) is 3.44. The van der Waals surface area contributed by atoms with Gasteiger partial charge in [-0.1, -0.05) is 0 Å². The zero-order chi connectivity index (χ0) is 11.8. The fourth-order valence-electron chi connectivity index (χ4n) is 2.76. The minimum atomic E-state index is -0.903. The van der Waals surface area contributed by atoms with Gasteiger partial charge in [0.2, 0.25) is 0 Å². The predicted octanol–water partition coefficient (Wildman–Crippen LogP) is 1.57. The number of hydrogen-bond donors (Lipinski definition) is 2. The number of hydrogen-bond acceptors (Lipinski definition) is 2. The molecule has 2 aliphatic rings. The van der Waals surface area contributed by atoms with Gasteiger partial charge in [0.1, 0.15) is 0 Å². The molecule has 1 aliphatic heterocycles. The fraction of sp³-hybridized carbons (Fsp3) is 1.00. The second-order valence-electron chi connectivity index (χ2n) is 6.35. The highest BCUT2D eigenvalue weighted by atomic mass is 32.2. The summed E-state index contributed by atoms with van der Waals surface area (Å²) in [6.45, 7) is 8.39. The molecule has 0 unspecified atom stereocenters. The van der Waals surface area contributed by atoms with Crippen LogP contribution >= 0.6 is 0 Å². The molecule has 2 N–H and O–H groups in total. The standard InChI is InChI=1S/C12H24N2OS/c1-11(2,3)16(15)14-10-8-12(9-10)4-6-13-7-5-12/h10,13-14H,4-9H2,1-3H3/t16-/m0/s1. The molecule has 0 aromatic rings. The summed E-state index contributed by atoms with van der Waals surface area (Å²) < 4.78 is 15.1. The minimum Gasteiger partial charge on any atom is -0.317 e. The van der Waals surface area contributed by atoms with Crippen LogP contribution in [0.4, 0.5) is 0 Å². The van der Waals surface area contributed by atoms with Gasteiger partial charge >= 0.3 is 0 Å². The van der Waals surface area contributed by atoms with Crippen molar-refractivity contribution in [1.82, 2.24) is 10.0 Å². The van der Waals surface area contributed by atoms with Crippen LogP contribution in [-0.4, -0.2) is 28.1 Å². The Balaban J connectivity index is 1.78. The molecule has 0 amide bonds. The third kappa shape index (κ3) is 2.66. The van der Waals surface area contributed by atoms with E-state index >= 15 is 0 Å². The van der Waals surface area contributed by atoms with E-state index in [0.29, 0.717) is 11.5 Å². The highest BCUT2D eigenvalue weighted by Crippen LogP contribution is 2.48. The Labute approximate surface area is 101 Å². The summed E-state index contributed by atoms with van der Waals surface area (Å²) >= 11 is 0. The minimum absolute atomic E-state index is 0.142. The molecule has 1 aliphatic carbocycles. The van der Waals surface area contributed by atoms with E-state index in [9.17, 15) is 4.21 Å². The highest BCUT2D eigenvalue weighted by molar-refractivity contribution is 7.84. The fourth-order valence-corrected chi connectivity index (χ4v) is 3.59. The molecule has 0 radical (unpaired) electrons. The molecule has 2 rings (SSSR count). The largest absolute Gasteiger partial charge is 0.317 e.